The van der Waals surface area contributed by atoms with E-state index >= 15 is 0 Å². The summed E-state index contributed by atoms with van der Waals surface area (Å²) in [6.07, 6.45) is 0. The van der Waals surface area contributed by atoms with Gasteiger partial charge in [-0.2, -0.15) is 0 Å². The highest BCUT2D eigenvalue weighted by Crippen LogP contribution is 2.29. The van der Waals surface area contributed by atoms with Gasteiger partial charge in [-0.25, -0.2) is 0 Å². The van der Waals surface area contributed by atoms with Gasteiger partial charge in [-0.3, -0.25) is 4.79 Å². The normalized spacial score (nSPS) is 12.3. The van der Waals surface area contributed by atoms with E-state index in [2.05, 4.69) is 54.4 Å². The summed E-state index contributed by atoms with van der Waals surface area (Å²) in [4.78, 5) is 12.7. The number of aryl methyl sites for hydroxylation is 2. The molecule has 4 nitrogen and oxygen atoms in total. The Labute approximate surface area is 145 Å². The number of nitrogens with zero attached hydrogens (tertiary/aromatic N) is 1. The number of aromatic nitrogens is 1. The summed E-state index contributed by atoms with van der Waals surface area (Å²) in [6, 6.07) is 8.59. The molecule has 0 fully saturated rings. The fraction of sp³-hybridized carbons (Fsp3) is 0.474. The van der Waals surface area contributed by atoms with E-state index in [0.29, 0.717) is 12.3 Å². The molecule has 0 aliphatic rings. The second-order valence-electron chi connectivity index (χ2n) is 7.95. The number of benzene rings is 1. The number of rotatable bonds is 5. The Hall–Kier alpha value is -1.88. The zero-order chi connectivity index (χ0) is 18.1. The van der Waals surface area contributed by atoms with E-state index in [4.69, 9.17) is 4.52 Å². The van der Waals surface area contributed by atoms with Gasteiger partial charge in [-0.1, -0.05) is 54.2 Å². The largest absolute Gasteiger partial charge is 0.361 e. The Bertz CT molecular complexity index is 705. The zero-order valence-corrected chi connectivity index (χ0v) is 16.8. The lowest BCUT2D eigenvalue weighted by atomic mass is 9.82. The van der Waals surface area contributed by atoms with Crippen LogP contribution in [-0.4, -0.2) is 19.1 Å². The first-order valence-electron chi connectivity index (χ1n) is 8.34. The molecule has 1 aromatic carbocycles. The Balaban J connectivity index is 2.08. The molecule has 0 aliphatic carbocycles. The van der Waals surface area contributed by atoms with Crippen LogP contribution >= 0.6 is 0 Å². The van der Waals surface area contributed by atoms with Crippen LogP contribution in [0, 0.1) is 13.8 Å². The quantitative estimate of drug-likeness (QED) is 0.846. The van der Waals surface area contributed by atoms with Crippen LogP contribution < -0.4 is 10.5 Å². The van der Waals surface area contributed by atoms with Gasteiger partial charge in [0.25, 0.3) is 0 Å². The fourth-order valence-corrected chi connectivity index (χ4v) is 4.18. The average molecular weight is 345 g/mol. The van der Waals surface area contributed by atoms with E-state index in [1.165, 1.54) is 5.19 Å². The van der Waals surface area contributed by atoms with Gasteiger partial charge >= 0.3 is 0 Å². The number of amides is 1. The van der Waals surface area contributed by atoms with Gasteiger partial charge in [0.1, 0.15) is 5.76 Å². The highest BCUT2D eigenvalue weighted by molar-refractivity contribution is 6.88. The molecule has 2 rings (SSSR count). The van der Waals surface area contributed by atoms with Crippen molar-refractivity contribution in [1.29, 1.82) is 0 Å². The van der Waals surface area contributed by atoms with E-state index in [0.717, 1.165) is 16.8 Å². The summed E-state index contributed by atoms with van der Waals surface area (Å²) in [5, 5.41) is 8.43. The van der Waals surface area contributed by atoms with Crippen molar-refractivity contribution in [3.8, 4) is 0 Å². The molecule has 5 heteroatoms. The minimum atomic E-state index is -1.28. The van der Waals surface area contributed by atoms with Crippen molar-refractivity contribution in [1.82, 2.24) is 10.5 Å². The van der Waals surface area contributed by atoms with Crippen LogP contribution in [0.5, 0.6) is 0 Å². The Morgan fingerprint density at radius 2 is 1.75 bits per heavy atom. The number of hydrogen-bond acceptors (Lipinski definition) is 3. The molecule has 24 heavy (non-hydrogen) atoms. The van der Waals surface area contributed by atoms with Crippen molar-refractivity contribution >= 4 is 19.2 Å². The predicted octanol–water partition coefficient (Wildman–Crippen LogP) is 3.43. The molecule has 1 aromatic heterocycles. The van der Waals surface area contributed by atoms with Gasteiger partial charge in [0.2, 0.25) is 5.91 Å². The lowest BCUT2D eigenvalue weighted by molar-refractivity contribution is -0.125. The Kier molecular flexibility index (Phi) is 5.04. The summed E-state index contributed by atoms with van der Waals surface area (Å²) in [5.41, 5.74) is 2.08. The molecule has 0 unspecified atom stereocenters. The lowest BCUT2D eigenvalue weighted by Crippen LogP contribution is -2.40. The van der Waals surface area contributed by atoms with Crippen LogP contribution in [0.1, 0.15) is 36.4 Å². The van der Waals surface area contributed by atoms with Crippen molar-refractivity contribution in [2.45, 2.75) is 59.3 Å². The van der Waals surface area contributed by atoms with Crippen molar-refractivity contribution in [3.05, 3.63) is 46.8 Å². The maximum atomic E-state index is 12.7. The standard InChI is InChI=1S/C19H28N2O2Si/c1-13-17(14(2)23-21-13)19(3,4)18(22)20-12-15-8-10-16(11-9-15)24(5,6)7/h8-11H,12H2,1-7H3,(H,20,22). The van der Waals surface area contributed by atoms with E-state index in [1.54, 1.807) is 0 Å². The number of nitrogens with one attached hydrogen (secondary N) is 1. The van der Waals surface area contributed by atoms with Crippen molar-refractivity contribution < 1.29 is 9.32 Å². The van der Waals surface area contributed by atoms with Crippen LogP contribution in [0.2, 0.25) is 19.6 Å². The minimum Gasteiger partial charge on any atom is -0.361 e. The molecule has 0 bridgehead atoms. The lowest BCUT2D eigenvalue weighted by Gasteiger charge is -2.24. The van der Waals surface area contributed by atoms with Gasteiger partial charge < -0.3 is 9.84 Å². The molecule has 0 saturated carbocycles. The molecule has 0 spiro atoms. The molecule has 1 N–H and O–H groups in total. The maximum absolute atomic E-state index is 12.7. The molecular formula is C19H28N2O2Si. The van der Waals surface area contributed by atoms with Crippen LogP contribution in [0.3, 0.4) is 0 Å². The summed E-state index contributed by atoms with van der Waals surface area (Å²) in [6.45, 7) is 15.0. The third-order valence-corrected chi connectivity index (χ3v) is 6.56. The third kappa shape index (κ3) is 3.78. The highest BCUT2D eigenvalue weighted by Gasteiger charge is 2.35. The molecule has 2 aromatic rings. The summed E-state index contributed by atoms with van der Waals surface area (Å²) in [5.74, 6) is 0.679. The van der Waals surface area contributed by atoms with Crippen molar-refractivity contribution in [2.24, 2.45) is 0 Å². The maximum Gasteiger partial charge on any atom is 0.230 e. The van der Waals surface area contributed by atoms with Crippen LogP contribution in [0.25, 0.3) is 0 Å². The van der Waals surface area contributed by atoms with Gasteiger partial charge in [0.05, 0.1) is 19.2 Å². The molecule has 1 heterocycles. The molecule has 1 amide bonds. The topological polar surface area (TPSA) is 55.1 Å². The summed E-state index contributed by atoms with van der Waals surface area (Å²) in [7, 11) is -1.28. The second kappa shape index (κ2) is 6.55. The van der Waals surface area contributed by atoms with E-state index in [9.17, 15) is 4.79 Å². The first-order valence-corrected chi connectivity index (χ1v) is 11.8. The summed E-state index contributed by atoms with van der Waals surface area (Å²) >= 11 is 0. The predicted molar refractivity (Wildman–Crippen MR) is 100 cm³/mol. The van der Waals surface area contributed by atoms with Gasteiger partial charge in [-0.15, -0.1) is 0 Å². The SMILES string of the molecule is Cc1noc(C)c1C(C)(C)C(=O)NCc1ccc([Si](C)(C)C)cc1. The van der Waals surface area contributed by atoms with E-state index in [1.807, 2.05) is 27.7 Å². The highest BCUT2D eigenvalue weighted by atomic mass is 28.3. The van der Waals surface area contributed by atoms with Gasteiger partial charge in [-0.05, 0) is 33.3 Å². The minimum absolute atomic E-state index is 0.0221. The molecule has 0 radical (unpaired) electrons. The van der Waals surface area contributed by atoms with Crippen molar-refractivity contribution in [3.63, 3.8) is 0 Å². The third-order valence-electron chi connectivity index (χ3n) is 4.50. The van der Waals surface area contributed by atoms with Crippen LogP contribution in [-0.2, 0) is 16.8 Å². The molecule has 0 atom stereocenters. The van der Waals surface area contributed by atoms with Crippen LogP contribution in [0.15, 0.2) is 28.8 Å². The smallest absolute Gasteiger partial charge is 0.230 e. The number of carbonyl (C=O) groups excluding carboxylic acids is 1. The average Bonchev–Trinajstić information content (AvgIpc) is 2.83. The molecule has 130 valence electrons. The van der Waals surface area contributed by atoms with Gasteiger partial charge in [0.15, 0.2) is 0 Å². The van der Waals surface area contributed by atoms with Crippen LogP contribution in [0.4, 0.5) is 0 Å². The monoisotopic (exact) mass is 344 g/mol. The number of hydrogen-bond donors (Lipinski definition) is 1. The Morgan fingerprint density at radius 1 is 1.17 bits per heavy atom. The Morgan fingerprint density at radius 3 is 2.21 bits per heavy atom. The van der Waals surface area contributed by atoms with Gasteiger partial charge in [0, 0.05) is 12.1 Å². The first kappa shape index (κ1) is 18.5. The van der Waals surface area contributed by atoms with E-state index < -0.39 is 13.5 Å². The first-order chi connectivity index (χ1) is 11.0. The fourth-order valence-electron chi connectivity index (χ4n) is 3.01. The molecule has 0 saturated heterocycles. The van der Waals surface area contributed by atoms with E-state index in [-0.39, 0.29) is 5.91 Å². The van der Waals surface area contributed by atoms with Crippen molar-refractivity contribution in [2.75, 3.05) is 0 Å². The summed E-state index contributed by atoms with van der Waals surface area (Å²) < 4.78 is 5.21. The number of carbonyl (C=O) groups is 1. The second-order valence-corrected chi connectivity index (χ2v) is 13.0. The zero-order valence-electron chi connectivity index (χ0n) is 15.8. The molecule has 0 aliphatic heterocycles. The molecular weight excluding hydrogens is 316 g/mol.